The summed E-state index contributed by atoms with van der Waals surface area (Å²) in [7, 11) is 0. The van der Waals surface area contributed by atoms with Gasteiger partial charge in [0, 0.05) is 5.69 Å². The lowest BCUT2D eigenvalue weighted by Gasteiger charge is -2.10. The van der Waals surface area contributed by atoms with Crippen LogP contribution in [0.1, 0.15) is 0 Å². The highest BCUT2D eigenvalue weighted by Crippen LogP contribution is 2.32. The van der Waals surface area contributed by atoms with Crippen LogP contribution >= 0.6 is 0 Å². The lowest BCUT2D eigenvalue weighted by atomic mass is 10.1. The van der Waals surface area contributed by atoms with Gasteiger partial charge < -0.3 is 5.73 Å². The number of rotatable bonds is 2. The zero-order valence-electron chi connectivity index (χ0n) is 11.8. The van der Waals surface area contributed by atoms with Crippen molar-refractivity contribution in [3.8, 4) is 16.9 Å². The molecule has 0 radical (unpaired) electrons. The molecule has 106 valence electrons. The maximum absolute atomic E-state index is 6.03. The molecule has 0 fully saturated rings. The molecule has 2 heterocycles. The molecular formula is C18H14N4. The Balaban J connectivity index is 2.10. The van der Waals surface area contributed by atoms with Crippen molar-refractivity contribution in [2.24, 2.45) is 0 Å². The number of fused-ring (bicyclic) bond motifs is 1. The Hall–Kier alpha value is -3.14. The normalized spacial score (nSPS) is 10.9. The van der Waals surface area contributed by atoms with Crippen LogP contribution in [0.3, 0.4) is 0 Å². The molecule has 0 spiro atoms. The van der Waals surface area contributed by atoms with E-state index < -0.39 is 0 Å². The Morgan fingerprint density at radius 3 is 2.23 bits per heavy atom. The maximum atomic E-state index is 6.03. The minimum absolute atomic E-state index is 0.497. The first-order valence-corrected chi connectivity index (χ1v) is 7.07. The number of anilines is 1. The van der Waals surface area contributed by atoms with E-state index in [-0.39, 0.29) is 0 Å². The molecule has 4 aromatic rings. The number of benzene rings is 2. The number of nitrogen functional groups attached to an aromatic ring is 1. The van der Waals surface area contributed by atoms with Gasteiger partial charge in [0.05, 0.1) is 11.1 Å². The molecule has 0 amide bonds. The molecule has 4 heteroatoms. The van der Waals surface area contributed by atoms with Crippen LogP contribution in [0.2, 0.25) is 0 Å². The van der Waals surface area contributed by atoms with Crippen LogP contribution in [0.15, 0.2) is 73.1 Å². The molecule has 2 aromatic heterocycles. The fourth-order valence-corrected chi connectivity index (χ4v) is 2.69. The predicted molar refractivity (Wildman–Crippen MR) is 88.7 cm³/mol. The van der Waals surface area contributed by atoms with Crippen LogP contribution in [0, 0.1) is 0 Å². The van der Waals surface area contributed by atoms with Gasteiger partial charge in [0.15, 0.2) is 5.65 Å². The lowest BCUT2D eigenvalue weighted by molar-refractivity contribution is 1.08. The van der Waals surface area contributed by atoms with E-state index in [1.54, 1.807) is 0 Å². The fraction of sp³-hybridized carbons (Fsp3) is 0. The molecular weight excluding hydrogens is 272 g/mol. The summed E-state index contributed by atoms with van der Waals surface area (Å²) in [5.74, 6) is 0.497. The Morgan fingerprint density at radius 1 is 0.818 bits per heavy atom. The summed E-state index contributed by atoms with van der Waals surface area (Å²) in [4.78, 5) is 8.54. The number of aromatic nitrogens is 3. The van der Waals surface area contributed by atoms with Crippen molar-refractivity contribution in [3.63, 3.8) is 0 Å². The zero-order chi connectivity index (χ0) is 14.9. The van der Waals surface area contributed by atoms with Crippen LogP contribution in [0.5, 0.6) is 0 Å². The van der Waals surface area contributed by atoms with Crippen LogP contribution < -0.4 is 5.73 Å². The largest absolute Gasteiger partial charge is 0.383 e. The highest BCUT2D eigenvalue weighted by atomic mass is 15.1. The second kappa shape index (κ2) is 5.00. The molecule has 0 bridgehead atoms. The zero-order valence-corrected chi connectivity index (χ0v) is 11.8. The third-order valence-corrected chi connectivity index (χ3v) is 3.71. The molecule has 0 atom stereocenters. The highest BCUT2D eigenvalue weighted by molar-refractivity contribution is 5.93. The van der Waals surface area contributed by atoms with E-state index in [4.69, 9.17) is 5.73 Å². The number of nitrogens with zero attached hydrogens (tertiary/aromatic N) is 3. The number of para-hydroxylation sites is 1. The summed E-state index contributed by atoms with van der Waals surface area (Å²) < 4.78 is 2.11. The SMILES string of the molecule is Nc1ncnc2c1cc(-c1ccccc1)n2-c1ccccc1. The van der Waals surface area contributed by atoms with E-state index in [1.807, 2.05) is 42.5 Å². The third kappa shape index (κ3) is 1.93. The molecule has 0 unspecified atom stereocenters. The van der Waals surface area contributed by atoms with Gasteiger partial charge in [0.1, 0.15) is 12.1 Å². The second-order valence-electron chi connectivity index (χ2n) is 5.06. The van der Waals surface area contributed by atoms with E-state index in [0.29, 0.717) is 5.82 Å². The Kier molecular flexibility index (Phi) is 2.86. The average molecular weight is 286 g/mol. The van der Waals surface area contributed by atoms with E-state index in [2.05, 4.69) is 38.8 Å². The molecule has 0 aliphatic heterocycles. The fourth-order valence-electron chi connectivity index (χ4n) is 2.69. The molecule has 4 rings (SSSR count). The standard InChI is InChI=1S/C18H14N4/c19-17-15-11-16(13-7-3-1-4-8-13)22(18(15)21-12-20-17)14-9-5-2-6-10-14/h1-12H,(H2,19,20,21). The van der Waals surface area contributed by atoms with Gasteiger partial charge in [0.25, 0.3) is 0 Å². The van der Waals surface area contributed by atoms with E-state index in [1.165, 1.54) is 6.33 Å². The van der Waals surface area contributed by atoms with Crippen LogP contribution in [-0.4, -0.2) is 14.5 Å². The van der Waals surface area contributed by atoms with Crippen molar-refractivity contribution in [2.45, 2.75) is 0 Å². The summed E-state index contributed by atoms with van der Waals surface area (Å²) in [5.41, 5.74) is 10.1. The topological polar surface area (TPSA) is 56.7 Å². The van der Waals surface area contributed by atoms with Gasteiger partial charge in [-0.1, -0.05) is 48.5 Å². The van der Waals surface area contributed by atoms with Gasteiger partial charge in [-0.25, -0.2) is 9.97 Å². The maximum Gasteiger partial charge on any atom is 0.150 e. The van der Waals surface area contributed by atoms with Crippen LogP contribution in [0.4, 0.5) is 5.82 Å². The summed E-state index contributed by atoms with van der Waals surface area (Å²) in [5, 5.41) is 0.866. The van der Waals surface area contributed by atoms with Gasteiger partial charge in [-0.2, -0.15) is 0 Å². The quantitative estimate of drug-likeness (QED) is 0.611. The van der Waals surface area contributed by atoms with Crippen molar-refractivity contribution in [2.75, 3.05) is 5.73 Å². The Morgan fingerprint density at radius 2 is 1.50 bits per heavy atom. The summed E-state index contributed by atoms with van der Waals surface area (Å²) >= 11 is 0. The van der Waals surface area contributed by atoms with Gasteiger partial charge in [-0.15, -0.1) is 0 Å². The molecule has 4 nitrogen and oxygen atoms in total. The minimum Gasteiger partial charge on any atom is -0.383 e. The first-order valence-electron chi connectivity index (χ1n) is 7.07. The van der Waals surface area contributed by atoms with Crippen molar-refractivity contribution in [1.82, 2.24) is 14.5 Å². The van der Waals surface area contributed by atoms with Gasteiger partial charge in [0.2, 0.25) is 0 Å². The number of hydrogen-bond acceptors (Lipinski definition) is 3. The third-order valence-electron chi connectivity index (χ3n) is 3.71. The lowest BCUT2D eigenvalue weighted by Crippen LogP contribution is -1.99. The number of hydrogen-bond donors (Lipinski definition) is 1. The molecule has 0 aliphatic carbocycles. The van der Waals surface area contributed by atoms with E-state index in [0.717, 1.165) is 28.0 Å². The molecule has 2 aromatic carbocycles. The molecule has 22 heavy (non-hydrogen) atoms. The first-order chi connectivity index (χ1) is 10.8. The highest BCUT2D eigenvalue weighted by Gasteiger charge is 2.15. The average Bonchev–Trinajstić information content (AvgIpc) is 2.97. The Labute approximate surface area is 127 Å². The summed E-state index contributed by atoms with van der Waals surface area (Å²) in [6.45, 7) is 0. The van der Waals surface area contributed by atoms with Crippen LogP contribution in [0.25, 0.3) is 28.0 Å². The minimum atomic E-state index is 0.497. The van der Waals surface area contributed by atoms with Crippen molar-refractivity contribution < 1.29 is 0 Å². The van der Waals surface area contributed by atoms with Gasteiger partial charge in [-0.3, -0.25) is 4.57 Å². The Bertz CT molecular complexity index is 927. The molecule has 0 aliphatic rings. The number of nitrogens with two attached hydrogens (primary N) is 1. The second-order valence-corrected chi connectivity index (χ2v) is 5.06. The molecule has 2 N–H and O–H groups in total. The van der Waals surface area contributed by atoms with Gasteiger partial charge in [-0.05, 0) is 23.8 Å². The summed E-state index contributed by atoms with van der Waals surface area (Å²) in [6.07, 6.45) is 1.51. The van der Waals surface area contributed by atoms with Gasteiger partial charge >= 0.3 is 0 Å². The molecule has 0 saturated carbocycles. The van der Waals surface area contributed by atoms with E-state index >= 15 is 0 Å². The van der Waals surface area contributed by atoms with Crippen molar-refractivity contribution >= 4 is 16.9 Å². The first kappa shape index (κ1) is 12.6. The smallest absolute Gasteiger partial charge is 0.150 e. The monoisotopic (exact) mass is 286 g/mol. The van der Waals surface area contributed by atoms with Crippen LogP contribution in [-0.2, 0) is 0 Å². The molecule has 0 saturated heterocycles. The van der Waals surface area contributed by atoms with E-state index in [9.17, 15) is 0 Å². The predicted octanol–water partition coefficient (Wildman–Crippen LogP) is 3.67. The van der Waals surface area contributed by atoms with Crippen molar-refractivity contribution in [3.05, 3.63) is 73.1 Å². The summed E-state index contributed by atoms with van der Waals surface area (Å²) in [6, 6.07) is 22.4. The van der Waals surface area contributed by atoms with Crippen molar-refractivity contribution in [1.29, 1.82) is 0 Å².